The van der Waals surface area contributed by atoms with Crippen LogP contribution in [0.2, 0.25) is 0 Å². The van der Waals surface area contributed by atoms with Crippen LogP contribution in [0.5, 0.6) is 0 Å². The van der Waals surface area contributed by atoms with E-state index in [1.165, 1.54) is 0 Å². The number of ether oxygens (including phenoxy) is 1. The van der Waals surface area contributed by atoms with Crippen LogP contribution in [-0.4, -0.2) is 43.1 Å². The quantitative estimate of drug-likeness (QED) is 0.368. The molecule has 1 unspecified atom stereocenters. The van der Waals surface area contributed by atoms with Crippen LogP contribution in [0, 0.1) is 5.92 Å². The van der Waals surface area contributed by atoms with Gasteiger partial charge in [-0.15, -0.1) is 35.3 Å². The Morgan fingerprint density at radius 3 is 2.70 bits per heavy atom. The lowest BCUT2D eigenvalue weighted by Gasteiger charge is -2.21. The van der Waals surface area contributed by atoms with Gasteiger partial charge in [-0.05, 0) is 26.2 Å². The minimum absolute atomic E-state index is 0. The lowest BCUT2D eigenvalue weighted by Crippen LogP contribution is -2.38. The van der Waals surface area contributed by atoms with Gasteiger partial charge in [0.1, 0.15) is 11.1 Å². The number of nitrogens with zero attached hydrogens (tertiary/aromatic N) is 3. The van der Waals surface area contributed by atoms with E-state index >= 15 is 0 Å². The van der Waals surface area contributed by atoms with Crippen LogP contribution in [-0.2, 0) is 11.3 Å². The van der Waals surface area contributed by atoms with Crippen molar-refractivity contribution in [1.29, 1.82) is 0 Å². The highest BCUT2D eigenvalue weighted by Crippen LogP contribution is 2.20. The number of aromatic nitrogens is 1. The van der Waals surface area contributed by atoms with E-state index in [-0.39, 0.29) is 30.1 Å². The van der Waals surface area contributed by atoms with E-state index in [1.807, 2.05) is 6.92 Å². The molecule has 7 heteroatoms. The van der Waals surface area contributed by atoms with Gasteiger partial charge in [-0.1, -0.05) is 13.8 Å². The Labute approximate surface area is 161 Å². The van der Waals surface area contributed by atoms with Gasteiger partial charge in [0.25, 0.3) is 0 Å². The summed E-state index contributed by atoms with van der Waals surface area (Å²) in [6.45, 7) is 11.0. The Morgan fingerprint density at radius 1 is 1.43 bits per heavy atom. The van der Waals surface area contributed by atoms with Crippen LogP contribution < -0.4 is 5.32 Å². The topological polar surface area (TPSA) is 49.8 Å². The first-order valence-corrected chi connectivity index (χ1v) is 8.82. The van der Waals surface area contributed by atoms with Crippen molar-refractivity contribution in [3.05, 3.63) is 16.1 Å². The summed E-state index contributed by atoms with van der Waals surface area (Å²) in [4.78, 5) is 11.5. The van der Waals surface area contributed by atoms with Gasteiger partial charge < -0.3 is 15.0 Å². The van der Waals surface area contributed by atoms with Gasteiger partial charge in [0.15, 0.2) is 5.96 Å². The van der Waals surface area contributed by atoms with Crippen LogP contribution in [0.25, 0.3) is 0 Å². The van der Waals surface area contributed by atoms with E-state index in [0.717, 1.165) is 42.7 Å². The number of aliphatic imine (C=N–C) groups is 1. The van der Waals surface area contributed by atoms with E-state index in [0.29, 0.717) is 5.92 Å². The molecule has 1 N–H and O–H groups in total. The van der Waals surface area contributed by atoms with Crippen molar-refractivity contribution in [3.8, 4) is 0 Å². The zero-order valence-electron chi connectivity index (χ0n) is 15.1. The standard InChI is InChI=1S/C16H30N4OS.HI/c1-7-17-16(18-9-8-12(2)3)20(5)10-14-11-22-15(19-14)13(4)21-6;/h11-13H,7-10H2,1-6H3,(H,17,18);1H. The molecule has 0 fully saturated rings. The fraction of sp³-hybridized carbons (Fsp3) is 0.750. The average molecular weight is 454 g/mol. The largest absolute Gasteiger partial charge is 0.375 e. The molecule has 0 aliphatic carbocycles. The fourth-order valence-corrected chi connectivity index (χ4v) is 2.74. The first kappa shape index (κ1) is 22.6. The predicted molar refractivity (Wildman–Crippen MR) is 110 cm³/mol. The van der Waals surface area contributed by atoms with Crippen molar-refractivity contribution in [2.75, 3.05) is 27.2 Å². The number of thiazole rings is 1. The second-order valence-electron chi connectivity index (χ2n) is 5.83. The maximum Gasteiger partial charge on any atom is 0.194 e. The molecule has 0 aromatic carbocycles. The Morgan fingerprint density at radius 2 is 2.13 bits per heavy atom. The Hall–Kier alpha value is -0.410. The van der Waals surface area contributed by atoms with Gasteiger partial charge >= 0.3 is 0 Å². The first-order valence-electron chi connectivity index (χ1n) is 7.94. The van der Waals surface area contributed by atoms with Crippen LogP contribution >= 0.6 is 35.3 Å². The SMILES string of the molecule is CCNC(=NCCC(C)C)N(C)Cc1csc(C(C)OC)n1.I. The number of guanidine groups is 1. The summed E-state index contributed by atoms with van der Waals surface area (Å²) in [5.41, 5.74) is 1.06. The van der Waals surface area contributed by atoms with Gasteiger partial charge in [-0.2, -0.15) is 0 Å². The van der Waals surface area contributed by atoms with Crippen molar-refractivity contribution >= 4 is 41.3 Å². The summed E-state index contributed by atoms with van der Waals surface area (Å²) in [7, 11) is 3.76. The molecule has 1 aromatic heterocycles. The van der Waals surface area contributed by atoms with E-state index in [9.17, 15) is 0 Å². The number of methoxy groups -OCH3 is 1. The highest BCUT2D eigenvalue weighted by molar-refractivity contribution is 14.0. The smallest absolute Gasteiger partial charge is 0.194 e. The molecule has 1 aromatic rings. The lowest BCUT2D eigenvalue weighted by atomic mass is 10.1. The molecule has 1 rings (SSSR count). The molecule has 0 aliphatic rings. The average Bonchev–Trinajstić information content (AvgIpc) is 2.93. The number of nitrogens with one attached hydrogen (secondary N) is 1. The Bertz CT molecular complexity index is 465. The van der Waals surface area contributed by atoms with E-state index in [1.54, 1.807) is 18.4 Å². The van der Waals surface area contributed by atoms with Crippen molar-refractivity contribution < 1.29 is 4.74 Å². The fourth-order valence-electron chi connectivity index (χ4n) is 1.90. The number of rotatable bonds is 8. The molecule has 0 spiro atoms. The monoisotopic (exact) mass is 454 g/mol. The van der Waals surface area contributed by atoms with Crippen LogP contribution in [0.1, 0.15) is 50.9 Å². The van der Waals surface area contributed by atoms with E-state index < -0.39 is 0 Å². The normalized spacial score (nSPS) is 12.9. The molecule has 0 radical (unpaired) electrons. The third kappa shape index (κ3) is 8.30. The van der Waals surface area contributed by atoms with Gasteiger partial charge in [0.05, 0.1) is 12.2 Å². The van der Waals surface area contributed by atoms with E-state index in [2.05, 4.69) is 48.4 Å². The molecule has 5 nitrogen and oxygen atoms in total. The summed E-state index contributed by atoms with van der Waals surface area (Å²) in [6, 6.07) is 0. The molecule has 0 bridgehead atoms. The summed E-state index contributed by atoms with van der Waals surface area (Å²) < 4.78 is 5.31. The van der Waals surface area contributed by atoms with Crippen LogP contribution in [0.15, 0.2) is 10.4 Å². The summed E-state index contributed by atoms with van der Waals surface area (Å²) in [6.07, 6.45) is 1.16. The van der Waals surface area contributed by atoms with Gasteiger partial charge in [-0.3, -0.25) is 4.99 Å². The zero-order valence-corrected chi connectivity index (χ0v) is 18.3. The van der Waals surface area contributed by atoms with Crippen molar-refractivity contribution in [1.82, 2.24) is 15.2 Å². The van der Waals surface area contributed by atoms with Gasteiger partial charge in [0, 0.05) is 32.6 Å². The minimum atomic E-state index is 0. The molecule has 0 saturated carbocycles. The van der Waals surface area contributed by atoms with Crippen LogP contribution in [0.3, 0.4) is 0 Å². The zero-order chi connectivity index (χ0) is 16.5. The lowest BCUT2D eigenvalue weighted by molar-refractivity contribution is 0.119. The molecule has 1 heterocycles. The summed E-state index contributed by atoms with van der Waals surface area (Å²) in [5, 5.41) is 6.46. The molecule has 134 valence electrons. The molecule has 23 heavy (non-hydrogen) atoms. The van der Waals surface area contributed by atoms with E-state index in [4.69, 9.17) is 9.73 Å². The van der Waals surface area contributed by atoms with Gasteiger partial charge in [-0.25, -0.2) is 4.98 Å². The number of halogens is 1. The molecule has 0 saturated heterocycles. The summed E-state index contributed by atoms with van der Waals surface area (Å²) >= 11 is 1.65. The molecule has 1 atom stereocenters. The third-order valence-corrected chi connectivity index (χ3v) is 4.39. The van der Waals surface area contributed by atoms with Gasteiger partial charge in [0.2, 0.25) is 0 Å². The number of hydrogen-bond acceptors (Lipinski definition) is 4. The maximum absolute atomic E-state index is 5.31. The highest BCUT2D eigenvalue weighted by Gasteiger charge is 2.12. The molecular weight excluding hydrogens is 423 g/mol. The second kappa shape index (κ2) is 12.0. The predicted octanol–water partition coefficient (Wildman–Crippen LogP) is 3.91. The number of hydrogen-bond donors (Lipinski definition) is 1. The Kier molecular flexibility index (Phi) is 11.8. The molecular formula is C16H31IN4OS. The summed E-state index contributed by atoms with van der Waals surface area (Å²) in [5.74, 6) is 1.62. The second-order valence-corrected chi connectivity index (χ2v) is 6.72. The van der Waals surface area contributed by atoms with Crippen molar-refractivity contribution in [3.63, 3.8) is 0 Å². The Balaban J connectivity index is 0.00000484. The first-order chi connectivity index (χ1) is 10.5. The van der Waals surface area contributed by atoms with Crippen LogP contribution in [0.4, 0.5) is 0 Å². The molecule has 0 amide bonds. The third-order valence-electron chi connectivity index (χ3n) is 3.33. The highest BCUT2D eigenvalue weighted by atomic mass is 127. The minimum Gasteiger partial charge on any atom is -0.375 e. The maximum atomic E-state index is 5.31. The van der Waals surface area contributed by atoms with Crippen molar-refractivity contribution in [2.24, 2.45) is 10.9 Å². The molecule has 0 aliphatic heterocycles. The van der Waals surface area contributed by atoms with Crippen molar-refractivity contribution in [2.45, 2.75) is 46.8 Å².